The van der Waals surface area contributed by atoms with Crippen LogP contribution in [0.4, 0.5) is 0 Å². The molecular weight excluding hydrogens is 695 g/mol. The average molecular weight is 730 g/mol. The van der Waals surface area contributed by atoms with Crippen molar-refractivity contribution in [1.29, 1.82) is 0 Å². The van der Waals surface area contributed by atoms with E-state index in [1.807, 2.05) is 24.3 Å². The van der Waals surface area contributed by atoms with Crippen LogP contribution in [0.3, 0.4) is 0 Å². The van der Waals surface area contributed by atoms with E-state index in [1.165, 1.54) is 10.8 Å². The Morgan fingerprint density at radius 2 is 1.04 bits per heavy atom. The van der Waals surface area contributed by atoms with Crippen molar-refractivity contribution in [3.63, 3.8) is 0 Å². The molecule has 0 bridgehead atoms. The third-order valence-electron chi connectivity index (χ3n) is 11.2. The van der Waals surface area contributed by atoms with Crippen molar-refractivity contribution in [1.82, 2.24) is 5.32 Å². The highest BCUT2D eigenvalue weighted by molar-refractivity contribution is 6.22. The van der Waals surface area contributed by atoms with Gasteiger partial charge in [-0.05, 0) is 67.6 Å². The molecule has 1 aliphatic rings. The Bertz CT molecular complexity index is 3200. The lowest BCUT2D eigenvalue weighted by Gasteiger charge is -2.25. The maximum absolute atomic E-state index is 6.93. The monoisotopic (exact) mass is 729 g/mol. The lowest BCUT2D eigenvalue weighted by molar-refractivity contribution is 0.663. The fourth-order valence-corrected chi connectivity index (χ4v) is 8.45. The number of furan rings is 1. The number of hydrogen-bond donors (Lipinski definition) is 1. The van der Waals surface area contributed by atoms with Gasteiger partial charge in [0.15, 0.2) is 5.84 Å². The molecule has 1 N–H and O–H groups in total. The van der Waals surface area contributed by atoms with Crippen LogP contribution in [0.2, 0.25) is 0 Å². The van der Waals surface area contributed by atoms with Crippen LogP contribution in [0, 0.1) is 0 Å². The van der Waals surface area contributed by atoms with Crippen LogP contribution < -0.4 is 5.32 Å². The zero-order valence-corrected chi connectivity index (χ0v) is 30.9. The zero-order valence-electron chi connectivity index (χ0n) is 30.9. The van der Waals surface area contributed by atoms with Gasteiger partial charge in [0.1, 0.15) is 23.2 Å². The van der Waals surface area contributed by atoms with Crippen molar-refractivity contribution in [3.05, 3.63) is 217 Å². The van der Waals surface area contributed by atoms with Crippen LogP contribution in [0.1, 0.15) is 22.9 Å². The van der Waals surface area contributed by atoms with Crippen molar-refractivity contribution in [2.75, 3.05) is 0 Å². The van der Waals surface area contributed by atoms with Crippen molar-refractivity contribution in [3.8, 4) is 33.4 Å². The highest BCUT2D eigenvalue weighted by Crippen LogP contribution is 2.44. The summed E-state index contributed by atoms with van der Waals surface area (Å²) in [6, 6.07) is 70.4. The van der Waals surface area contributed by atoms with Crippen LogP contribution in [0.25, 0.3) is 76.9 Å². The van der Waals surface area contributed by atoms with E-state index in [0.717, 1.165) is 88.6 Å². The molecule has 11 rings (SSSR count). The maximum atomic E-state index is 6.93. The Morgan fingerprint density at radius 1 is 0.421 bits per heavy atom. The third-order valence-corrected chi connectivity index (χ3v) is 11.2. The van der Waals surface area contributed by atoms with Gasteiger partial charge in [-0.1, -0.05) is 182 Å². The van der Waals surface area contributed by atoms with E-state index in [1.54, 1.807) is 0 Å². The number of hydrogen-bond acceptors (Lipinski definition) is 4. The van der Waals surface area contributed by atoms with E-state index < -0.39 is 6.17 Å². The molecule has 0 fully saturated rings. The number of rotatable bonds is 6. The van der Waals surface area contributed by atoms with Crippen molar-refractivity contribution < 1.29 is 4.42 Å². The molecule has 0 radical (unpaired) electrons. The van der Waals surface area contributed by atoms with Crippen molar-refractivity contribution in [2.45, 2.75) is 6.17 Å². The quantitative estimate of drug-likeness (QED) is 0.173. The van der Waals surface area contributed by atoms with Crippen LogP contribution in [-0.4, -0.2) is 11.7 Å². The normalized spacial score (nSPS) is 14.1. The van der Waals surface area contributed by atoms with Crippen LogP contribution in [-0.2, 0) is 0 Å². The van der Waals surface area contributed by atoms with Crippen LogP contribution >= 0.6 is 0 Å². The van der Waals surface area contributed by atoms with Gasteiger partial charge in [-0.2, -0.15) is 0 Å². The topological polar surface area (TPSA) is 49.9 Å². The first kappa shape index (κ1) is 32.8. The van der Waals surface area contributed by atoms with E-state index in [4.69, 9.17) is 14.4 Å². The molecule has 0 saturated carbocycles. The molecule has 4 nitrogen and oxygen atoms in total. The molecule has 0 saturated heterocycles. The molecule has 268 valence electrons. The fraction of sp³-hybridized carbons (Fsp3) is 0.0189. The minimum absolute atomic E-state index is 0.459. The Kier molecular flexibility index (Phi) is 7.85. The van der Waals surface area contributed by atoms with Crippen LogP contribution in [0.15, 0.2) is 215 Å². The Morgan fingerprint density at radius 3 is 1.81 bits per heavy atom. The minimum Gasteiger partial charge on any atom is -0.455 e. The summed E-state index contributed by atoms with van der Waals surface area (Å²) >= 11 is 0. The highest BCUT2D eigenvalue weighted by atomic mass is 16.3. The SMILES string of the molecule is c1ccc(C2=NC(c3ccc(-c4cc(-c5ccccc5)ccc4-c4ccccc4)c4oc5ccccc5c34)NC(c3cc4ccccc4c4ccccc34)=N2)cc1. The fourth-order valence-electron chi connectivity index (χ4n) is 8.45. The number of amidine groups is 2. The van der Waals surface area contributed by atoms with Gasteiger partial charge in [-0.3, -0.25) is 0 Å². The van der Waals surface area contributed by atoms with E-state index in [0.29, 0.717) is 5.84 Å². The first-order valence-corrected chi connectivity index (χ1v) is 19.4. The molecule has 0 aliphatic carbocycles. The van der Waals surface area contributed by atoms with Crippen LogP contribution in [0.5, 0.6) is 0 Å². The Hall–Kier alpha value is -7.56. The molecule has 2 heterocycles. The number of benzene rings is 9. The lowest BCUT2D eigenvalue weighted by Crippen LogP contribution is -2.33. The van der Waals surface area contributed by atoms with Gasteiger partial charge in [0.2, 0.25) is 0 Å². The molecule has 1 aromatic heterocycles. The summed E-state index contributed by atoms with van der Waals surface area (Å²) in [4.78, 5) is 10.6. The standard InChI is InChI=1S/C53H35N3O/c1-4-16-34(17-5-1)37-28-29-40(35-18-6-2-7-19-35)46(32-37)43-30-31-45(49-44-26-14-15-27-48(44)57-50(43)49)52-54-51(36-20-8-3-9-21-36)55-53(56-52)47-33-38-22-10-11-23-39(38)41-24-12-13-25-42(41)47/h1-33,52H,(H,54,55,56). The second-order valence-corrected chi connectivity index (χ2v) is 14.5. The Labute approximate surface area is 330 Å². The lowest BCUT2D eigenvalue weighted by atomic mass is 9.89. The molecule has 0 spiro atoms. The summed E-state index contributed by atoms with van der Waals surface area (Å²) in [5.41, 5.74) is 11.4. The molecule has 1 unspecified atom stereocenters. The van der Waals surface area contributed by atoms with E-state index in [2.05, 4.69) is 181 Å². The van der Waals surface area contributed by atoms with Gasteiger partial charge >= 0.3 is 0 Å². The average Bonchev–Trinajstić information content (AvgIpc) is 3.69. The summed E-state index contributed by atoms with van der Waals surface area (Å²) < 4.78 is 6.93. The summed E-state index contributed by atoms with van der Waals surface area (Å²) in [5.74, 6) is 1.46. The number of nitrogens with zero attached hydrogens (tertiary/aromatic N) is 2. The van der Waals surface area contributed by atoms with E-state index in [9.17, 15) is 0 Å². The van der Waals surface area contributed by atoms with Gasteiger partial charge in [-0.15, -0.1) is 0 Å². The summed E-state index contributed by atoms with van der Waals surface area (Å²) in [6.45, 7) is 0. The van der Waals surface area contributed by atoms with E-state index in [-0.39, 0.29) is 0 Å². The molecule has 1 aliphatic heterocycles. The molecule has 57 heavy (non-hydrogen) atoms. The molecule has 1 atom stereocenters. The molecule has 9 aromatic carbocycles. The minimum atomic E-state index is -0.459. The Balaban J connectivity index is 1.14. The first-order chi connectivity index (χ1) is 28.3. The summed E-state index contributed by atoms with van der Waals surface area (Å²) in [5, 5.41) is 10.6. The molecule has 10 aromatic rings. The first-order valence-electron chi connectivity index (χ1n) is 19.4. The number of para-hydroxylation sites is 1. The summed E-state index contributed by atoms with van der Waals surface area (Å²) in [6.07, 6.45) is -0.459. The number of nitrogens with one attached hydrogen (secondary N) is 1. The predicted octanol–water partition coefficient (Wildman–Crippen LogP) is 13.4. The highest BCUT2D eigenvalue weighted by Gasteiger charge is 2.27. The smallest absolute Gasteiger partial charge is 0.159 e. The second-order valence-electron chi connectivity index (χ2n) is 14.5. The second kappa shape index (κ2) is 13.6. The van der Waals surface area contributed by atoms with Crippen molar-refractivity contribution in [2.24, 2.45) is 9.98 Å². The van der Waals surface area contributed by atoms with E-state index >= 15 is 0 Å². The van der Waals surface area contributed by atoms with Gasteiger partial charge in [0.05, 0.1) is 0 Å². The predicted molar refractivity (Wildman–Crippen MR) is 237 cm³/mol. The van der Waals surface area contributed by atoms with Crippen molar-refractivity contribution >= 4 is 55.2 Å². The van der Waals surface area contributed by atoms with Gasteiger partial charge < -0.3 is 9.73 Å². The van der Waals surface area contributed by atoms with Gasteiger partial charge in [0.25, 0.3) is 0 Å². The number of aliphatic imine (C=N–C) groups is 2. The molecule has 4 heteroatoms. The number of fused-ring (bicyclic) bond motifs is 6. The maximum Gasteiger partial charge on any atom is 0.159 e. The summed E-state index contributed by atoms with van der Waals surface area (Å²) in [7, 11) is 0. The van der Waals surface area contributed by atoms with Gasteiger partial charge in [-0.25, -0.2) is 9.98 Å². The van der Waals surface area contributed by atoms with Gasteiger partial charge in [0, 0.05) is 33.0 Å². The molecular formula is C53H35N3O. The zero-order chi connectivity index (χ0) is 37.7. The molecule has 0 amide bonds. The third kappa shape index (κ3) is 5.70. The largest absolute Gasteiger partial charge is 0.455 e.